The van der Waals surface area contributed by atoms with Crippen LogP contribution in [0.2, 0.25) is 0 Å². The van der Waals surface area contributed by atoms with Crippen molar-refractivity contribution in [1.82, 2.24) is 5.32 Å². The average Bonchev–Trinajstić information content (AvgIpc) is 2.89. The molecule has 0 spiro atoms. The molecule has 2 N–H and O–H groups in total. The molecule has 2 nitrogen and oxygen atoms in total. The molecule has 0 saturated heterocycles. The molecule has 0 aromatic heterocycles. The third-order valence-corrected chi connectivity index (χ3v) is 5.01. The minimum absolute atomic E-state index is 0.325. The van der Waals surface area contributed by atoms with Gasteiger partial charge in [0.05, 0.1) is 0 Å². The van der Waals surface area contributed by atoms with E-state index in [0.717, 1.165) is 12.8 Å². The van der Waals surface area contributed by atoms with Crippen molar-refractivity contribution in [2.75, 3.05) is 6.26 Å². The van der Waals surface area contributed by atoms with Crippen LogP contribution in [0.1, 0.15) is 42.1 Å². The molecule has 3 rings (SSSR count). The highest BCUT2D eigenvalue weighted by Crippen LogP contribution is 2.35. The lowest BCUT2D eigenvalue weighted by atomic mass is 10.0. The van der Waals surface area contributed by atoms with E-state index in [4.69, 9.17) is 0 Å². The van der Waals surface area contributed by atoms with Gasteiger partial charge in [-0.3, -0.25) is 0 Å². The van der Waals surface area contributed by atoms with Crippen molar-refractivity contribution >= 4 is 11.8 Å². The highest BCUT2D eigenvalue weighted by molar-refractivity contribution is 7.98. The van der Waals surface area contributed by atoms with E-state index in [-0.39, 0.29) is 0 Å². The van der Waals surface area contributed by atoms with Crippen LogP contribution in [0.4, 0.5) is 0 Å². The van der Waals surface area contributed by atoms with Gasteiger partial charge in [-0.1, -0.05) is 18.2 Å². The second-order valence-electron chi connectivity index (χ2n) is 5.64. The molecule has 21 heavy (non-hydrogen) atoms. The molecule has 2 unspecified atom stereocenters. The molecule has 2 aromatic rings. The van der Waals surface area contributed by atoms with Crippen LogP contribution in [0.5, 0.6) is 5.75 Å². The van der Waals surface area contributed by atoms with Crippen LogP contribution < -0.4 is 5.32 Å². The van der Waals surface area contributed by atoms with Gasteiger partial charge in [-0.2, -0.15) is 0 Å². The van der Waals surface area contributed by atoms with E-state index in [1.54, 1.807) is 17.8 Å². The highest BCUT2D eigenvalue weighted by Gasteiger charge is 2.24. The number of hydrogen-bond acceptors (Lipinski definition) is 3. The molecule has 2 atom stereocenters. The predicted octanol–water partition coefficient (Wildman–Crippen LogP) is 4.45. The lowest BCUT2D eigenvalue weighted by molar-refractivity contribution is 0.464. The lowest BCUT2D eigenvalue weighted by Gasteiger charge is -2.21. The van der Waals surface area contributed by atoms with Crippen LogP contribution >= 0.6 is 11.8 Å². The number of nitrogens with one attached hydrogen (secondary N) is 1. The van der Waals surface area contributed by atoms with Gasteiger partial charge in [0.1, 0.15) is 5.75 Å². The first-order valence-corrected chi connectivity index (χ1v) is 8.61. The number of aryl methyl sites for hydroxylation is 1. The molecule has 0 heterocycles. The largest absolute Gasteiger partial charge is 0.508 e. The normalized spacial score (nSPS) is 18.5. The van der Waals surface area contributed by atoms with Crippen LogP contribution in [0, 0.1) is 0 Å². The van der Waals surface area contributed by atoms with Crippen molar-refractivity contribution in [3.05, 3.63) is 59.2 Å². The first-order valence-electron chi connectivity index (χ1n) is 7.39. The molecule has 0 amide bonds. The van der Waals surface area contributed by atoms with E-state index in [0.29, 0.717) is 17.8 Å². The Hall–Kier alpha value is -1.45. The monoisotopic (exact) mass is 299 g/mol. The third-order valence-electron chi connectivity index (χ3n) is 4.27. The van der Waals surface area contributed by atoms with Crippen LogP contribution in [-0.4, -0.2) is 11.4 Å². The minimum Gasteiger partial charge on any atom is -0.508 e. The van der Waals surface area contributed by atoms with Crippen LogP contribution in [0.3, 0.4) is 0 Å². The molecule has 0 saturated carbocycles. The molecular weight excluding hydrogens is 278 g/mol. The summed E-state index contributed by atoms with van der Waals surface area (Å²) in [6, 6.07) is 15.2. The molecule has 0 aliphatic heterocycles. The maximum absolute atomic E-state index is 9.57. The van der Waals surface area contributed by atoms with Crippen molar-refractivity contribution in [3.63, 3.8) is 0 Å². The summed E-state index contributed by atoms with van der Waals surface area (Å²) in [5, 5.41) is 13.3. The number of fused-ring (bicyclic) bond motifs is 1. The number of thioether (sulfide) groups is 1. The summed E-state index contributed by atoms with van der Waals surface area (Å²) in [6.07, 6.45) is 4.24. The predicted molar refractivity (Wildman–Crippen MR) is 88.9 cm³/mol. The van der Waals surface area contributed by atoms with Crippen LogP contribution in [0.15, 0.2) is 47.4 Å². The number of phenolic OH excluding ortho intramolecular Hbond substituents is 1. The highest BCUT2D eigenvalue weighted by atomic mass is 32.2. The Balaban J connectivity index is 1.72. The molecule has 0 bridgehead atoms. The third kappa shape index (κ3) is 3.09. The Bertz CT molecular complexity index is 624. The molecule has 3 heteroatoms. The maximum Gasteiger partial charge on any atom is 0.115 e. The van der Waals surface area contributed by atoms with Gasteiger partial charge in [-0.05, 0) is 67.0 Å². The lowest BCUT2D eigenvalue weighted by Crippen LogP contribution is -2.22. The van der Waals surface area contributed by atoms with E-state index in [2.05, 4.69) is 48.8 Å². The summed E-state index contributed by atoms with van der Waals surface area (Å²) in [5.74, 6) is 0.370. The number of hydrogen-bond donors (Lipinski definition) is 2. The van der Waals surface area contributed by atoms with Crippen molar-refractivity contribution < 1.29 is 5.11 Å². The molecule has 2 aromatic carbocycles. The second-order valence-corrected chi connectivity index (χ2v) is 6.52. The van der Waals surface area contributed by atoms with Crippen LogP contribution in [-0.2, 0) is 6.42 Å². The summed E-state index contributed by atoms with van der Waals surface area (Å²) >= 11 is 1.77. The number of benzene rings is 2. The number of phenols is 1. The molecule has 0 fully saturated rings. The summed E-state index contributed by atoms with van der Waals surface area (Å²) in [7, 11) is 0. The minimum atomic E-state index is 0.325. The van der Waals surface area contributed by atoms with Gasteiger partial charge < -0.3 is 10.4 Å². The average molecular weight is 299 g/mol. The molecule has 1 aliphatic carbocycles. The van der Waals surface area contributed by atoms with Gasteiger partial charge in [0.2, 0.25) is 0 Å². The summed E-state index contributed by atoms with van der Waals surface area (Å²) in [4.78, 5) is 1.30. The van der Waals surface area contributed by atoms with Gasteiger partial charge in [0.25, 0.3) is 0 Å². The van der Waals surface area contributed by atoms with E-state index < -0.39 is 0 Å². The van der Waals surface area contributed by atoms with Gasteiger partial charge in [-0.25, -0.2) is 0 Å². The topological polar surface area (TPSA) is 32.3 Å². The quantitative estimate of drug-likeness (QED) is 0.818. The Morgan fingerprint density at radius 1 is 1.19 bits per heavy atom. The smallest absolute Gasteiger partial charge is 0.115 e. The fraction of sp³-hybridized carbons (Fsp3) is 0.333. The first-order chi connectivity index (χ1) is 10.2. The first kappa shape index (κ1) is 14.5. The standard InChI is InChI=1S/C18H21NOS/c1-12(13-3-7-16(21-2)8-4-13)19-18-10-5-14-11-15(20)6-9-17(14)18/h3-4,6-9,11-12,18-20H,5,10H2,1-2H3. The maximum atomic E-state index is 9.57. The fourth-order valence-electron chi connectivity index (χ4n) is 3.07. The molecule has 1 aliphatic rings. The van der Waals surface area contributed by atoms with Crippen molar-refractivity contribution in [3.8, 4) is 5.75 Å². The second kappa shape index (κ2) is 6.12. The Morgan fingerprint density at radius 3 is 2.67 bits per heavy atom. The zero-order chi connectivity index (χ0) is 14.8. The zero-order valence-corrected chi connectivity index (χ0v) is 13.3. The number of rotatable bonds is 4. The Kier molecular flexibility index (Phi) is 4.22. The van der Waals surface area contributed by atoms with Crippen LogP contribution in [0.25, 0.3) is 0 Å². The summed E-state index contributed by atoms with van der Waals surface area (Å²) < 4.78 is 0. The Labute approximate surface area is 130 Å². The summed E-state index contributed by atoms with van der Waals surface area (Å²) in [6.45, 7) is 2.21. The van der Waals surface area contributed by atoms with Gasteiger partial charge in [0.15, 0.2) is 0 Å². The fourth-order valence-corrected chi connectivity index (χ4v) is 3.48. The van der Waals surface area contributed by atoms with Gasteiger partial charge >= 0.3 is 0 Å². The molecule has 110 valence electrons. The van der Waals surface area contributed by atoms with Gasteiger partial charge in [0, 0.05) is 17.0 Å². The zero-order valence-electron chi connectivity index (χ0n) is 12.5. The van der Waals surface area contributed by atoms with E-state index in [1.165, 1.54) is 21.6 Å². The number of aromatic hydroxyl groups is 1. The van der Waals surface area contributed by atoms with Crippen molar-refractivity contribution in [1.29, 1.82) is 0 Å². The molecular formula is C18H21NOS. The van der Waals surface area contributed by atoms with E-state index >= 15 is 0 Å². The summed E-state index contributed by atoms with van der Waals surface area (Å²) in [5.41, 5.74) is 3.93. The van der Waals surface area contributed by atoms with Gasteiger partial charge in [-0.15, -0.1) is 11.8 Å². The van der Waals surface area contributed by atoms with E-state index in [1.807, 2.05) is 6.07 Å². The van der Waals surface area contributed by atoms with Crippen molar-refractivity contribution in [2.45, 2.75) is 36.7 Å². The van der Waals surface area contributed by atoms with Crippen molar-refractivity contribution in [2.24, 2.45) is 0 Å². The SMILES string of the molecule is CSc1ccc(C(C)NC2CCc3cc(O)ccc32)cc1. The Morgan fingerprint density at radius 2 is 1.95 bits per heavy atom. The molecule has 0 radical (unpaired) electrons. The van der Waals surface area contributed by atoms with E-state index in [9.17, 15) is 5.11 Å².